The highest BCUT2D eigenvalue weighted by Crippen LogP contribution is 2.37. The van der Waals surface area contributed by atoms with Crippen LogP contribution in [0, 0.1) is 0 Å². The Morgan fingerprint density at radius 3 is 2.61 bits per heavy atom. The molecule has 1 saturated heterocycles. The van der Waals surface area contributed by atoms with E-state index in [0.717, 1.165) is 40.9 Å². The van der Waals surface area contributed by atoms with Gasteiger partial charge >= 0.3 is 0 Å². The van der Waals surface area contributed by atoms with Crippen molar-refractivity contribution < 1.29 is 0 Å². The maximum absolute atomic E-state index is 6.44. The summed E-state index contributed by atoms with van der Waals surface area (Å²) in [5.74, 6) is 0.956. The highest BCUT2D eigenvalue weighted by Gasteiger charge is 2.18. The van der Waals surface area contributed by atoms with Gasteiger partial charge in [0.25, 0.3) is 0 Å². The molecule has 0 radical (unpaired) electrons. The molecule has 0 bridgehead atoms. The van der Waals surface area contributed by atoms with E-state index in [9.17, 15) is 0 Å². The number of fused-ring (bicyclic) bond motifs is 1. The summed E-state index contributed by atoms with van der Waals surface area (Å²) >= 11 is 12.6. The monoisotopic (exact) mass is 343 g/mol. The SMILES string of the molecule is Clc1ccc2c(-c3cccnc3)cc(N3CCCC3)nc2c1Cl. The normalized spacial score (nSPS) is 14.6. The molecule has 1 fully saturated rings. The number of hydrogen-bond donors (Lipinski definition) is 0. The van der Waals surface area contributed by atoms with E-state index in [2.05, 4.69) is 22.0 Å². The fourth-order valence-electron chi connectivity index (χ4n) is 3.09. The maximum atomic E-state index is 6.44. The summed E-state index contributed by atoms with van der Waals surface area (Å²) in [6.45, 7) is 2.06. The van der Waals surface area contributed by atoms with Crippen molar-refractivity contribution in [1.29, 1.82) is 0 Å². The minimum Gasteiger partial charge on any atom is -0.357 e. The molecule has 0 unspecified atom stereocenters. The van der Waals surface area contributed by atoms with Gasteiger partial charge in [-0.3, -0.25) is 4.98 Å². The van der Waals surface area contributed by atoms with Gasteiger partial charge in [-0.1, -0.05) is 35.3 Å². The minimum absolute atomic E-state index is 0.510. The molecule has 3 nitrogen and oxygen atoms in total. The van der Waals surface area contributed by atoms with E-state index in [0.29, 0.717) is 10.0 Å². The summed E-state index contributed by atoms with van der Waals surface area (Å²) in [5, 5.41) is 2.04. The third kappa shape index (κ3) is 2.64. The number of nitrogens with zero attached hydrogens (tertiary/aromatic N) is 3. The number of anilines is 1. The van der Waals surface area contributed by atoms with Gasteiger partial charge < -0.3 is 4.90 Å². The number of aromatic nitrogens is 2. The Bertz CT molecular complexity index is 859. The first-order valence-corrected chi connectivity index (χ1v) is 8.44. The van der Waals surface area contributed by atoms with Crippen LogP contribution < -0.4 is 4.90 Å². The molecule has 116 valence electrons. The molecule has 3 aromatic rings. The van der Waals surface area contributed by atoms with Gasteiger partial charge in [0, 0.05) is 36.4 Å². The Hall–Kier alpha value is -1.84. The van der Waals surface area contributed by atoms with Gasteiger partial charge in [0.15, 0.2) is 0 Å². The molecule has 1 aromatic carbocycles. The molecule has 5 heteroatoms. The van der Waals surface area contributed by atoms with Crippen molar-refractivity contribution in [3.8, 4) is 11.1 Å². The first kappa shape index (κ1) is 14.7. The Balaban J connectivity index is 2.01. The number of hydrogen-bond acceptors (Lipinski definition) is 3. The Morgan fingerprint density at radius 1 is 1.04 bits per heavy atom. The lowest BCUT2D eigenvalue weighted by Crippen LogP contribution is -2.19. The Labute approximate surface area is 144 Å². The predicted molar refractivity (Wildman–Crippen MR) is 96.4 cm³/mol. The van der Waals surface area contributed by atoms with Crippen LogP contribution in [0.4, 0.5) is 5.82 Å². The average molecular weight is 344 g/mol. The Kier molecular flexibility index (Phi) is 3.83. The molecule has 0 aliphatic carbocycles. The van der Waals surface area contributed by atoms with Crippen LogP contribution in [-0.4, -0.2) is 23.1 Å². The fourth-order valence-corrected chi connectivity index (χ4v) is 3.45. The Morgan fingerprint density at radius 2 is 1.87 bits per heavy atom. The van der Waals surface area contributed by atoms with Crippen LogP contribution in [0.5, 0.6) is 0 Å². The van der Waals surface area contributed by atoms with Crippen LogP contribution >= 0.6 is 23.2 Å². The molecule has 2 aromatic heterocycles. The summed E-state index contributed by atoms with van der Waals surface area (Å²) in [4.78, 5) is 11.3. The second kappa shape index (κ2) is 5.99. The first-order valence-electron chi connectivity index (χ1n) is 7.68. The van der Waals surface area contributed by atoms with E-state index in [4.69, 9.17) is 28.2 Å². The second-order valence-corrected chi connectivity index (χ2v) is 6.51. The summed E-state index contributed by atoms with van der Waals surface area (Å²) < 4.78 is 0. The lowest BCUT2D eigenvalue weighted by molar-refractivity contribution is 0.944. The minimum atomic E-state index is 0.510. The van der Waals surface area contributed by atoms with Crippen molar-refractivity contribution >= 4 is 39.9 Å². The van der Waals surface area contributed by atoms with Crippen LogP contribution in [0.25, 0.3) is 22.0 Å². The molecule has 0 amide bonds. The van der Waals surface area contributed by atoms with E-state index in [1.807, 2.05) is 24.4 Å². The molecule has 0 N–H and O–H groups in total. The smallest absolute Gasteiger partial charge is 0.129 e. The number of pyridine rings is 2. The van der Waals surface area contributed by atoms with E-state index in [1.165, 1.54) is 12.8 Å². The molecular weight excluding hydrogens is 329 g/mol. The third-order valence-corrected chi connectivity index (χ3v) is 5.06. The molecule has 0 saturated carbocycles. The summed E-state index contributed by atoms with van der Waals surface area (Å²) in [5.41, 5.74) is 2.89. The van der Waals surface area contributed by atoms with Crippen molar-refractivity contribution in [2.45, 2.75) is 12.8 Å². The van der Waals surface area contributed by atoms with Crippen LogP contribution in [0.15, 0.2) is 42.7 Å². The van der Waals surface area contributed by atoms with Gasteiger partial charge in [0.2, 0.25) is 0 Å². The van der Waals surface area contributed by atoms with Gasteiger partial charge in [0.1, 0.15) is 5.82 Å². The molecule has 3 heterocycles. The number of benzene rings is 1. The van der Waals surface area contributed by atoms with E-state index < -0.39 is 0 Å². The van der Waals surface area contributed by atoms with Gasteiger partial charge in [-0.15, -0.1) is 0 Å². The average Bonchev–Trinajstić information content (AvgIpc) is 3.13. The molecule has 0 spiro atoms. The number of halogens is 2. The topological polar surface area (TPSA) is 29.0 Å². The van der Waals surface area contributed by atoms with E-state index >= 15 is 0 Å². The molecule has 1 aliphatic heterocycles. The van der Waals surface area contributed by atoms with Gasteiger partial charge in [0.05, 0.1) is 15.6 Å². The van der Waals surface area contributed by atoms with Gasteiger partial charge in [-0.05, 0) is 36.6 Å². The van der Waals surface area contributed by atoms with Gasteiger partial charge in [-0.2, -0.15) is 0 Å². The molecule has 0 atom stereocenters. The third-order valence-electron chi connectivity index (χ3n) is 4.26. The van der Waals surface area contributed by atoms with Crippen LogP contribution in [-0.2, 0) is 0 Å². The highest BCUT2D eigenvalue weighted by atomic mass is 35.5. The van der Waals surface area contributed by atoms with Crippen molar-refractivity contribution in [2.24, 2.45) is 0 Å². The maximum Gasteiger partial charge on any atom is 0.129 e. The van der Waals surface area contributed by atoms with Crippen molar-refractivity contribution in [1.82, 2.24) is 9.97 Å². The zero-order valence-electron chi connectivity index (χ0n) is 12.5. The van der Waals surface area contributed by atoms with E-state index in [1.54, 1.807) is 6.20 Å². The predicted octanol–water partition coefficient (Wildman–Crippen LogP) is 5.20. The lowest BCUT2D eigenvalue weighted by Gasteiger charge is -2.19. The molecule has 1 aliphatic rings. The standard InChI is InChI=1S/C18H15Cl2N3/c19-15-6-5-13-14(12-4-3-7-21-11-12)10-16(22-18(13)17(15)20)23-8-1-2-9-23/h3-7,10-11H,1-2,8-9H2. The van der Waals surface area contributed by atoms with E-state index in [-0.39, 0.29) is 0 Å². The number of rotatable bonds is 2. The summed E-state index contributed by atoms with van der Waals surface area (Å²) in [6.07, 6.45) is 6.04. The molecule has 23 heavy (non-hydrogen) atoms. The van der Waals surface area contributed by atoms with Crippen LogP contribution in [0.1, 0.15) is 12.8 Å². The van der Waals surface area contributed by atoms with Crippen LogP contribution in [0.3, 0.4) is 0 Å². The highest BCUT2D eigenvalue weighted by molar-refractivity contribution is 6.45. The molecule has 4 rings (SSSR count). The largest absolute Gasteiger partial charge is 0.357 e. The van der Waals surface area contributed by atoms with Crippen molar-refractivity contribution in [2.75, 3.05) is 18.0 Å². The van der Waals surface area contributed by atoms with Crippen LogP contribution in [0.2, 0.25) is 10.0 Å². The lowest BCUT2D eigenvalue weighted by atomic mass is 10.0. The van der Waals surface area contributed by atoms with Crippen molar-refractivity contribution in [3.63, 3.8) is 0 Å². The molecular formula is C18H15Cl2N3. The van der Waals surface area contributed by atoms with Gasteiger partial charge in [-0.25, -0.2) is 4.98 Å². The fraction of sp³-hybridized carbons (Fsp3) is 0.222. The zero-order chi connectivity index (χ0) is 15.8. The zero-order valence-corrected chi connectivity index (χ0v) is 14.0. The summed E-state index contributed by atoms with van der Waals surface area (Å²) in [7, 11) is 0. The summed E-state index contributed by atoms with van der Waals surface area (Å²) in [6, 6.07) is 9.93. The van der Waals surface area contributed by atoms with Crippen molar-refractivity contribution in [3.05, 3.63) is 52.8 Å². The quantitative estimate of drug-likeness (QED) is 0.639. The first-order chi connectivity index (χ1) is 11.2. The second-order valence-electron chi connectivity index (χ2n) is 5.72.